The van der Waals surface area contributed by atoms with Gasteiger partial charge in [0.25, 0.3) is 0 Å². The van der Waals surface area contributed by atoms with Crippen LogP contribution in [0.15, 0.2) is 30.3 Å². The lowest BCUT2D eigenvalue weighted by molar-refractivity contribution is -0.274. The number of halogens is 5. The molecule has 0 unspecified atom stereocenters. The van der Waals surface area contributed by atoms with E-state index in [1.165, 1.54) is 24.3 Å². The SMILES string of the molecule is Nc1nc(Nc2cccc(OC(F)(F)F)c2)c(Cl)cc1Cl. The lowest BCUT2D eigenvalue weighted by atomic mass is 10.3. The van der Waals surface area contributed by atoms with E-state index in [1.54, 1.807) is 0 Å². The van der Waals surface area contributed by atoms with Crippen LogP contribution in [0.5, 0.6) is 5.75 Å². The molecule has 112 valence electrons. The number of pyridine rings is 1. The maximum Gasteiger partial charge on any atom is 0.573 e. The Kier molecular flexibility index (Phi) is 4.34. The minimum absolute atomic E-state index is 0.0475. The van der Waals surface area contributed by atoms with E-state index in [4.69, 9.17) is 28.9 Å². The zero-order chi connectivity index (χ0) is 15.6. The third kappa shape index (κ3) is 4.30. The van der Waals surface area contributed by atoms with Gasteiger partial charge in [-0.05, 0) is 18.2 Å². The standard InChI is InChI=1S/C12H8Cl2F3N3O/c13-8-5-9(14)11(20-10(8)18)19-6-2-1-3-7(4-6)21-12(15,16)17/h1-5H,(H3,18,19,20). The van der Waals surface area contributed by atoms with Crippen molar-refractivity contribution in [1.82, 2.24) is 4.98 Å². The Morgan fingerprint density at radius 2 is 1.86 bits per heavy atom. The quantitative estimate of drug-likeness (QED) is 0.858. The van der Waals surface area contributed by atoms with Crippen LogP contribution < -0.4 is 15.8 Å². The van der Waals surface area contributed by atoms with E-state index < -0.39 is 6.36 Å². The number of nitrogens with two attached hydrogens (primary N) is 1. The highest BCUT2D eigenvalue weighted by atomic mass is 35.5. The molecule has 0 atom stereocenters. The van der Waals surface area contributed by atoms with Gasteiger partial charge in [0.1, 0.15) is 11.6 Å². The molecule has 0 fully saturated rings. The molecular formula is C12H8Cl2F3N3O. The van der Waals surface area contributed by atoms with Crippen molar-refractivity contribution in [2.24, 2.45) is 0 Å². The van der Waals surface area contributed by atoms with Crippen LogP contribution in [-0.2, 0) is 0 Å². The molecule has 1 heterocycles. The molecule has 1 aromatic heterocycles. The second-order valence-corrected chi connectivity index (χ2v) is 4.70. The average molecular weight is 338 g/mol. The summed E-state index contributed by atoms with van der Waals surface area (Å²) >= 11 is 11.7. The Morgan fingerprint density at radius 3 is 2.52 bits per heavy atom. The number of hydrogen-bond acceptors (Lipinski definition) is 4. The van der Waals surface area contributed by atoms with Gasteiger partial charge in [0.2, 0.25) is 0 Å². The molecule has 21 heavy (non-hydrogen) atoms. The summed E-state index contributed by atoms with van der Waals surface area (Å²) in [6, 6.07) is 6.60. The van der Waals surface area contributed by atoms with E-state index in [0.29, 0.717) is 5.69 Å². The summed E-state index contributed by atoms with van der Waals surface area (Å²) in [7, 11) is 0. The Morgan fingerprint density at radius 1 is 1.14 bits per heavy atom. The van der Waals surface area contributed by atoms with Crippen LogP contribution >= 0.6 is 23.2 Å². The van der Waals surface area contributed by atoms with Crippen LogP contribution in [0.1, 0.15) is 0 Å². The summed E-state index contributed by atoms with van der Waals surface area (Å²) in [6.07, 6.45) is -4.76. The van der Waals surface area contributed by atoms with Crippen molar-refractivity contribution in [3.05, 3.63) is 40.4 Å². The van der Waals surface area contributed by atoms with Gasteiger partial charge in [0, 0.05) is 11.8 Å². The highest BCUT2D eigenvalue weighted by Crippen LogP contribution is 2.31. The van der Waals surface area contributed by atoms with Gasteiger partial charge < -0.3 is 15.8 Å². The zero-order valence-corrected chi connectivity index (χ0v) is 11.7. The van der Waals surface area contributed by atoms with Gasteiger partial charge in [-0.3, -0.25) is 0 Å². The average Bonchev–Trinajstić information content (AvgIpc) is 2.34. The molecule has 3 N–H and O–H groups in total. The Hall–Kier alpha value is -1.86. The second kappa shape index (κ2) is 5.87. The van der Waals surface area contributed by atoms with E-state index in [1.807, 2.05) is 0 Å². The van der Waals surface area contributed by atoms with Gasteiger partial charge in [-0.1, -0.05) is 29.3 Å². The van der Waals surface area contributed by atoms with E-state index in [0.717, 1.165) is 6.07 Å². The Balaban J connectivity index is 2.24. The molecule has 0 aliphatic heterocycles. The molecule has 4 nitrogen and oxygen atoms in total. The maximum atomic E-state index is 12.2. The number of nitrogen functional groups attached to an aromatic ring is 1. The molecular weight excluding hydrogens is 330 g/mol. The fraction of sp³-hybridized carbons (Fsp3) is 0.0833. The van der Waals surface area contributed by atoms with Crippen molar-refractivity contribution in [3.8, 4) is 5.75 Å². The van der Waals surface area contributed by atoms with Crippen molar-refractivity contribution >= 4 is 40.5 Å². The summed E-state index contributed by atoms with van der Waals surface area (Å²) in [5.41, 5.74) is 5.84. The smallest absolute Gasteiger partial charge is 0.406 e. The molecule has 0 amide bonds. The number of anilines is 3. The number of ether oxygens (including phenoxy) is 1. The molecule has 9 heteroatoms. The lowest BCUT2D eigenvalue weighted by Gasteiger charge is -2.12. The molecule has 0 radical (unpaired) electrons. The Bertz CT molecular complexity index is 665. The normalized spacial score (nSPS) is 11.3. The van der Waals surface area contributed by atoms with E-state index >= 15 is 0 Å². The van der Waals surface area contributed by atoms with Crippen molar-refractivity contribution in [3.63, 3.8) is 0 Å². The van der Waals surface area contributed by atoms with Crippen molar-refractivity contribution < 1.29 is 17.9 Å². The monoisotopic (exact) mass is 337 g/mol. The van der Waals surface area contributed by atoms with Crippen molar-refractivity contribution in [2.45, 2.75) is 6.36 Å². The van der Waals surface area contributed by atoms with Gasteiger partial charge in [-0.2, -0.15) is 0 Å². The molecule has 0 saturated heterocycles. The highest BCUT2D eigenvalue weighted by molar-refractivity contribution is 6.37. The van der Waals surface area contributed by atoms with Crippen LogP contribution in [0.3, 0.4) is 0 Å². The molecule has 2 rings (SSSR count). The predicted octanol–water partition coefficient (Wildman–Crippen LogP) is 4.61. The first kappa shape index (κ1) is 15.5. The molecule has 2 aromatic rings. The first-order chi connectivity index (χ1) is 9.74. The van der Waals surface area contributed by atoms with Crippen molar-refractivity contribution in [1.29, 1.82) is 0 Å². The molecule has 1 aromatic carbocycles. The summed E-state index contributed by atoms with van der Waals surface area (Å²) in [6.45, 7) is 0. The summed E-state index contributed by atoms with van der Waals surface area (Å²) in [4.78, 5) is 3.91. The van der Waals surface area contributed by atoms with Crippen molar-refractivity contribution in [2.75, 3.05) is 11.1 Å². The van der Waals surface area contributed by atoms with E-state index in [9.17, 15) is 13.2 Å². The minimum atomic E-state index is -4.76. The molecule has 0 saturated carbocycles. The van der Waals surface area contributed by atoms with Crippen LogP contribution in [0.25, 0.3) is 0 Å². The van der Waals surface area contributed by atoms with Gasteiger partial charge in [0.15, 0.2) is 5.82 Å². The number of hydrogen-bond donors (Lipinski definition) is 2. The maximum absolute atomic E-state index is 12.2. The third-order valence-electron chi connectivity index (χ3n) is 2.29. The third-order valence-corrected chi connectivity index (χ3v) is 2.88. The number of aromatic nitrogens is 1. The fourth-order valence-corrected chi connectivity index (χ4v) is 1.88. The van der Waals surface area contributed by atoms with Gasteiger partial charge in [-0.15, -0.1) is 13.2 Å². The van der Waals surface area contributed by atoms with Gasteiger partial charge in [0.05, 0.1) is 10.0 Å². The number of rotatable bonds is 3. The number of nitrogens with one attached hydrogen (secondary N) is 1. The summed E-state index contributed by atoms with van der Waals surface area (Å²) < 4.78 is 40.3. The van der Waals surface area contributed by atoms with Crippen LogP contribution in [0.4, 0.5) is 30.5 Å². The fourth-order valence-electron chi connectivity index (χ4n) is 1.48. The molecule has 0 aliphatic rings. The largest absolute Gasteiger partial charge is 0.573 e. The van der Waals surface area contributed by atoms with Crippen LogP contribution in [0, 0.1) is 0 Å². The molecule has 0 spiro atoms. The van der Waals surface area contributed by atoms with Crippen LogP contribution in [0.2, 0.25) is 10.0 Å². The van der Waals surface area contributed by atoms with Gasteiger partial charge in [-0.25, -0.2) is 4.98 Å². The summed E-state index contributed by atoms with van der Waals surface area (Å²) in [5.74, 6) is -0.153. The van der Waals surface area contributed by atoms with Gasteiger partial charge >= 0.3 is 6.36 Å². The first-order valence-corrected chi connectivity index (χ1v) is 6.24. The number of nitrogens with zero attached hydrogens (tertiary/aromatic N) is 1. The highest BCUT2D eigenvalue weighted by Gasteiger charge is 2.31. The van der Waals surface area contributed by atoms with Crippen LogP contribution in [-0.4, -0.2) is 11.3 Å². The number of alkyl halides is 3. The van der Waals surface area contributed by atoms with E-state index in [-0.39, 0.29) is 27.4 Å². The topological polar surface area (TPSA) is 60.2 Å². The Labute approximate surface area is 127 Å². The summed E-state index contributed by atoms with van der Waals surface area (Å²) in [5, 5.41) is 3.09. The predicted molar refractivity (Wildman–Crippen MR) is 75.1 cm³/mol. The number of benzene rings is 1. The second-order valence-electron chi connectivity index (χ2n) is 3.89. The minimum Gasteiger partial charge on any atom is -0.406 e. The lowest BCUT2D eigenvalue weighted by Crippen LogP contribution is -2.17. The first-order valence-electron chi connectivity index (χ1n) is 5.49. The molecule has 0 bridgehead atoms. The van der Waals surface area contributed by atoms with E-state index in [2.05, 4.69) is 15.0 Å². The zero-order valence-electron chi connectivity index (χ0n) is 10.2. The molecule has 0 aliphatic carbocycles.